The fourth-order valence-electron chi connectivity index (χ4n) is 2.04. The number of rotatable bonds is 3. The average molecular weight is 320 g/mol. The molecule has 0 aliphatic heterocycles. The van der Waals surface area contributed by atoms with Crippen LogP contribution in [0.25, 0.3) is 17.1 Å². The lowest BCUT2D eigenvalue weighted by Gasteiger charge is -2.03. The Morgan fingerprint density at radius 1 is 1.05 bits per heavy atom. The molecule has 0 atom stereocenters. The first-order valence-electron chi connectivity index (χ1n) is 6.17. The molecule has 2 N–H and O–H groups in total. The summed E-state index contributed by atoms with van der Waals surface area (Å²) >= 11 is 1.41. The van der Waals surface area contributed by atoms with Crippen molar-refractivity contribution in [1.29, 1.82) is 0 Å². The summed E-state index contributed by atoms with van der Waals surface area (Å²) in [6.07, 6.45) is 0. The van der Waals surface area contributed by atoms with Crippen molar-refractivity contribution in [3.05, 3.63) is 54.6 Å². The molecule has 0 bridgehead atoms. The van der Waals surface area contributed by atoms with E-state index in [0.717, 1.165) is 22.8 Å². The summed E-state index contributed by atoms with van der Waals surface area (Å²) < 4.78 is 7.42. The molecule has 6 heteroatoms. The van der Waals surface area contributed by atoms with Gasteiger partial charge in [0.25, 0.3) is 0 Å². The van der Waals surface area contributed by atoms with Crippen LogP contribution in [-0.4, -0.2) is 12.1 Å². The van der Waals surface area contributed by atoms with E-state index >= 15 is 0 Å². The third-order valence-electron chi connectivity index (χ3n) is 2.93. The van der Waals surface area contributed by atoms with Crippen molar-refractivity contribution in [2.45, 2.75) is 0 Å². The van der Waals surface area contributed by atoms with E-state index in [1.165, 1.54) is 11.5 Å². The summed E-state index contributed by atoms with van der Waals surface area (Å²) in [7, 11) is 1.65. The van der Waals surface area contributed by atoms with Crippen molar-refractivity contribution in [1.82, 2.24) is 4.98 Å². The molecule has 0 aliphatic rings. The Balaban J connectivity index is 0.00000161. The molecule has 0 spiro atoms. The highest BCUT2D eigenvalue weighted by Crippen LogP contribution is 2.28. The second-order valence-electron chi connectivity index (χ2n) is 4.20. The van der Waals surface area contributed by atoms with Gasteiger partial charge in [-0.25, -0.2) is 0 Å². The van der Waals surface area contributed by atoms with Crippen molar-refractivity contribution >= 4 is 16.7 Å². The van der Waals surface area contributed by atoms with E-state index in [9.17, 15) is 0 Å². The lowest BCUT2D eigenvalue weighted by Crippen LogP contribution is -3.00. The van der Waals surface area contributed by atoms with Gasteiger partial charge >= 0.3 is 11.0 Å². The molecule has 0 unspecified atom stereocenters. The fraction of sp³-hybridized carbons (Fsp3) is 0.0667. The maximum atomic E-state index is 5.89. The summed E-state index contributed by atoms with van der Waals surface area (Å²) in [5.74, 6) is 1.57. The van der Waals surface area contributed by atoms with Gasteiger partial charge in [0.1, 0.15) is 28.5 Å². The molecule has 21 heavy (non-hydrogen) atoms. The SMILES string of the molecule is COc1ccccc1-c1nc(N)s[n+]1-c1ccccc1.[Cl-]. The molecule has 0 fully saturated rings. The lowest BCUT2D eigenvalue weighted by molar-refractivity contribution is -0.509. The third kappa shape index (κ3) is 2.99. The largest absolute Gasteiger partial charge is 1.00 e. The minimum absolute atomic E-state index is 0. The summed E-state index contributed by atoms with van der Waals surface area (Å²) in [4.78, 5) is 4.45. The Hall–Kier alpha value is -2.11. The zero-order chi connectivity index (χ0) is 13.9. The molecule has 0 aliphatic carbocycles. The quantitative estimate of drug-likeness (QED) is 0.673. The number of methoxy groups -OCH3 is 1. The van der Waals surface area contributed by atoms with Crippen molar-refractivity contribution in [2.75, 3.05) is 12.8 Å². The molecule has 1 heterocycles. The second kappa shape index (κ2) is 6.56. The highest BCUT2D eigenvalue weighted by atomic mass is 35.5. The van der Waals surface area contributed by atoms with Crippen molar-refractivity contribution < 1.29 is 21.1 Å². The molecule has 3 aromatic rings. The number of hydrogen-bond donors (Lipinski definition) is 1. The number of hydrogen-bond acceptors (Lipinski definition) is 4. The van der Waals surface area contributed by atoms with Crippen LogP contribution < -0.4 is 26.8 Å². The summed E-state index contributed by atoms with van der Waals surface area (Å²) in [6, 6.07) is 17.8. The number of nitrogens with two attached hydrogens (primary N) is 1. The molecule has 3 rings (SSSR count). The van der Waals surface area contributed by atoms with Gasteiger partial charge in [-0.3, -0.25) is 0 Å². The molecule has 0 saturated heterocycles. The van der Waals surface area contributed by atoms with Crippen LogP contribution in [-0.2, 0) is 0 Å². The molecule has 0 saturated carbocycles. The number of benzene rings is 2. The number of nitrogen functional groups attached to an aromatic ring is 1. The Kier molecular flexibility index (Phi) is 4.77. The number of ether oxygens (including phenoxy) is 1. The second-order valence-corrected chi connectivity index (χ2v) is 5.16. The number of para-hydroxylation sites is 2. The topological polar surface area (TPSA) is 52.0 Å². The maximum Gasteiger partial charge on any atom is 0.354 e. The van der Waals surface area contributed by atoms with Gasteiger partial charge in [0, 0.05) is 0 Å². The van der Waals surface area contributed by atoms with E-state index in [4.69, 9.17) is 10.5 Å². The molecule has 4 nitrogen and oxygen atoms in total. The number of anilines is 1. The van der Waals surface area contributed by atoms with Crippen molar-refractivity contribution in [3.8, 4) is 22.8 Å². The molecule has 1 aromatic heterocycles. The van der Waals surface area contributed by atoms with E-state index in [0.29, 0.717) is 5.13 Å². The number of nitrogens with zero attached hydrogens (tertiary/aromatic N) is 2. The van der Waals surface area contributed by atoms with Gasteiger partial charge in [0.05, 0.1) is 7.11 Å². The van der Waals surface area contributed by atoms with Crippen molar-refractivity contribution in [2.24, 2.45) is 0 Å². The van der Waals surface area contributed by atoms with E-state index in [-0.39, 0.29) is 12.4 Å². The lowest BCUT2D eigenvalue weighted by atomic mass is 10.2. The molecule has 108 valence electrons. The predicted octanol–water partition coefficient (Wildman–Crippen LogP) is -0.318. The van der Waals surface area contributed by atoms with Crippen molar-refractivity contribution in [3.63, 3.8) is 0 Å². The van der Waals surface area contributed by atoms with Crippen LogP contribution in [0.1, 0.15) is 0 Å². The summed E-state index contributed by atoms with van der Waals surface area (Å²) in [6.45, 7) is 0. The maximum absolute atomic E-state index is 5.89. The fourth-order valence-corrected chi connectivity index (χ4v) is 2.81. The summed E-state index contributed by atoms with van der Waals surface area (Å²) in [5, 5.41) is 0.523. The van der Waals surface area contributed by atoms with Gasteiger partial charge in [0.15, 0.2) is 0 Å². The minimum atomic E-state index is 0. The van der Waals surface area contributed by atoms with Crippen LogP contribution in [0.2, 0.25) is 0 Å². The Morgan fingerprint density at radius 2 is 1.71 bits per heavy atom. The predicted molar refractivity (Wildman–Crippen MR) is 80.0 cm³/mol. The monoisotopic (exact) mass is 319 g/mol. The molecule has 2 aromatic carbocycles. The number of halogens is 1. The Labute approximate surface area is 133 Å². The number of aromatic nitrogens is 2. The van der Waals surface area contributed by atoms with Gasteiger partial charge in [-0.1, -0.05) is 30.3 Å². The molecular weight excluding hydrogens is 306 g/mol. The van der Waals surface area contributed by atoms with Crippen LogP contribution in [0, 0.1) is 0 Å². The summed E-state index contributed by atoms with van der Waals surface area (Å²) in [5.41, 5.74) is 7.84. The van der Waals surface area contributed by atoms with E-state index in [1.807, 2.05) is 58.6 Å². The van der Waals surface area contributed by atoms with Crippen LogP contribution in [0.3, 0.4) is 0 Å². The standard InChI is InChI=1S/C15H13N3OS.ClH/c1-19-13-10-6-5-9-12(13)14-17-15(16)20-18(14)11-7-3-2-4-8-11;/h2-10,16H,1H3;1H. The van der Waals surface area contributed by atoms with Crippen LogP contribution in [0.5, 0.6) is 5.75 Å². The van der Waals surface area contributed by atoms with Gasteiger partial charge < -0.3 is 22.9 Å². The van der Waals surface area contributed by atoms with Gasteiger partial charge in [-0.2, -0.15) is 0 Å². The molecular formula is C15H14ClN3OS. The first-order valence-corrected chi connectivity index (χ1v) is 6.94. The Bertz CT molecular complexity index is 731. The molecule has 0 amide bonds. The van der Waals surface area contributed by atoms with E-state index < -0.39 is 0 Å². The first kappa shape index (κ1) is 15.3. The smallest absolute Gasteiger partial charge is 0.354 e. The third-order valence-corrected chi connectivity index (χ3v) is 3.78. The highest BCUT2D eigenvalue weighted by molar-refractivity contribution is 7.05. The van der Waals surface area contributed by atoms with Crippen LogP contribution >= 0.6 is 11.5 Å². The van der Waals surface area contributed by atoms with Gasteiger partial charge in [0.2, 0.25) is 0 Å². The average Bonchev–Trinajstić information content (AvgIpc) is 2.90. The Morgan fingerprint density at radius 3 is 2.43 bits per heavy atom. The highest BCUT2D eigenvalue weighted by Gasteiger charge is 2.25. The normalized spacial score (nSPS) is 9.95. The zero-order valence-electron chi connectivity index (χ0n) is 11.4. The zero-order valence-corrected chi connectivity index (χ0v) is 12.9. The van der Waals surface area contributed by atoms with Gasteiger partial charge in [-0.05, 0) is 29.2 Å². The minimum Gasteiger partial charge on any atom is -1.00 e. The van der Waals surface area contributed by atoms with Crippen LogP contribution in [0.15, 0.2) is 54.6 Å². The first-order chi connectivity index (χ1) is 9.79. The van der Waals surface area contributed by atoms with Crippen LogP contribution in [0.4, 0.5) is 5.13 Å². The molecule has 0 radical (unpaired) electrons. The van der Waals surface area contributed by atoms with Gasteiger partial charge in [-0.15, -0.1) is 3.96 Å². The van der Waals surface area contributed by atoms with E-state index in [1.54, 1.807) is 7.11 Å². The van der Waals surface area contributed by atoms with E-state index in [2.05, 4.69) is 4.98 Å².